The van der Waals surface area contributed by atoms with Crippen molar-refractivity contribution in [3.63, 3.8) is 0 Å². The summed E-state index contributed by atoms with van der Waals surface area (Å²) in [7, 11) is 0. The predicted octanol–water partition coefficient (Wildman–Crippen LogP) is 3.49. The van der Waals surface area contributed by atoms with Crippen molar-refractivity contribution in [1.82, 2.24) is 0 Å². The first-order chi connectivity index (χ1) is 7.01. The molecule has 1 unspecified atom stereocenters. The Morgan fingerprint density at radius 2 is 1.53 bits per heavy atom. The number of hydrogen-bond donors (Lipinski definition) is 1. The van der Waals surface area contributed by atoms with Crippen molar-refractivity contribution >= 4 is 17.5 Å². The molecule has 3 heteroatoms. The van der Waals surface area contributed by atoms with E-state index in [4.69, 9.17) is 5.73 Å². The summed E-state index contributed by atoms with van der Waals surface area (Å²) in [5, 5.41) is 0. The molecule has 94 valence electrons. The summed E-state index contributed by atoms with van der Waals surface area (Å²) >= 11 is 1.72. The predicted molar refractivity (Wildman–Crippen MR) is 73.6 cm³/mol. The third-order valence-corrected chi connectivity index (χ3v) is 1.80. The minimum absolute atomic E-state index is 0.0871. The molecular weight excluding hydrogens is 206 g/mol. The second kappa shape index (κ2) is 19.5. The normalized spacial score (nSPS) is 10.3. The van der Waals surface area contributed by atoms with Crippen LogP contribution in [0.4, 0.5) is 0 Å². The van der Waals surface area contributed by atoms with Gasteiger partial charge in [0.1, 0.15) is 5.78 Å². The van der Waals surface area contributed by atoms with Crippen molar-refractivity contribution in [1.29, 1.82) is 0 Å². The number of hydrogen-bond acceptors (Lipinski definition) is 3. The maximum absolute atomic E-state index is 10.5. The fraction of sp³-hybridized carbons (Fsp3) is 0.917. The lowest BCUT2D eigenvalue weighted by Crippen LogP contribution is -2.28. The van der Waals surface area contributed by atoms with Crippen LogP contribution in [0.15, 0.2) is 0 Å². The van der Waals surface area contributed by atoms with E-state index < -0.39 is 0 Å². The van der Waals surface area contributed by atoms with Gasteiger partial charge in [-0.3, -0.25) is 4.79 Å². The molecule has 0 heterocycles. The van der Waals surface area contributed by atoms with E-state index in [0.717, 1.165) is 12.2 Å². The van der Waals surface area contributed by atoms with E-state index in [9.17, 15) is 4.79 Å². The Hall–Kier alpha value is -0.0200. The monoisotopic (exact) mass is 235 g/mol. The molecule has 0 aromatic heterocycles. The van der Waals surface area contributed by atoms with Crippen LogP contribution in [-0.4, -0.2) is 23.8 Å². The van der Waals surface area contributed by atoms with Crippen molar-refractivity contribution < 1.29 is 4.79 Å². The lowest BCUT2D eigenvalue weighted by atomic mass is 10.2. The molecule has 0 saturated carbocycles. The van der Waals surface area contributed by atoms with Crippen molar-refractivity contribution in [3.05, 3.63) is 0 Å². The van der Waals surface area contributed by atoms with Crippen LogP contribution in [0, 0.1) is 0 Å². The van der Waals surface area contributed by atoms with Gasteiger partial charge in [-0.05, 0) is 25.4 Å². The number of rotatable bonds is 4. The van der Waals surface area contributed by atoms with Crippen molar-refractivity contribution in [3.8, 4) is 0 Å². The van der Waals surface area contributed by atoms with Gasteiger partial charge in [-0.15, -0.1) is 0 Å². The van der Waals surface area contributed by atoms with Crippen LogP contribution in [0.5, 0.6) is 0 Å². The molecule has 0 amide bonds. The van der Waals surface area contributed by atoms with Gasteiger partial charge in [0.25, 0.3) is 0 Å². The topological polar surface area (TPSA) is 43.1 Å². The SMILES string of the molecule is CCC.CCC.CSCCC(N)C(C)=O. The zero-order valence-corrected chi connectivity index (χ0v) is 12.1. The highest BCUT2D eigenvalue weighted by Crippen LogP contribution is 1.98. The summed E-state index contributed by atoms with van der Waals surface area (Å²) in [6, 6.07) is -0.238. The molecule has 0 radical (unpaired) electrons. The Morgan fingerprint density at radius 1 is 1.20 bits per heavy atom. The van der Waals surface area contributed by atoms with Crippen molar-refractivity contribution in [2.45, 2.75) is 59.9 Å². The van der Waals surface area contributed by atoms with E-state index in [1.165, 1.54) is 19.8 Å². The minimum atomic E-state index is -0.238. The van der Waals surface area contributed by atoms with Gasteiger partial charge < -0.3 is 5.73 Å². The van der Waals surface area contributed by atoms with E-state index >= 15 is 0 Å². The third kappa shape index (κ3) is 31.5. The highest BCUT2D eigenvalue weighted by molar-refractivity contribution is 7.98. The molecule has 0 aliphatic carbocycles. The number of carbonyl (C=O) groups is 1. The van der Waals surface area contributed by atoms with Crippen molar-refractivity contribution in [2.75, 3.05) is 12.0 Å². The molecular formula is C12H29NOS. The zero-order valence-electron chi connectivity index (χ0n) is 11.3. The average Bonchev–Trinajstić information content (AvgIpc) is 2.16. The fourth-order valence-electron chi connectivity index (χ4n) is 0.448. The molecule has 0 aliphatic heterocycles. The van der Waals surface area contributed by atoms with Gasteiger partial charge in [0.2, 0.25) is 0 Å². The lowest BCUT2D eigenvalue weighted by molar-refractivity contribution is -0.118. The maximum atomic E-state index is 10.5. The van der Waals surface area contributed by atoms with E-state index in [-0.39, 0.29) is 11.8 Å². The number of carbonyl (C=O) groups excluding carboxylic acids is 1. The number of thioether (sulfide) groups is 1. The summed E-state index contributed by atoms with van der Waals surface area (Å²) in [6.07, 6.45) is 5.31. The van der Waals surface area contributed by atoms with Gasteiger partial charge >= 0.3 is 0 Å². The van der Waals surface area contributed by atoms with Gasteiger partial charge in [0.05, 0.1) is 6.04 Å². The summed E-state index contributed by atoms with van der Waals surface area (Å²) in [5.41, 5.74) is 5.44. The van der Waals surface area contributed by atoms with E-state index in [1.807, 2.05) is 6.26 Å². The first-order valence-electron chi connectivity index (χ1n) is 5.76. The fourth-order valence-corrected chi connectivity index (χ4v) is 0.938. The van der Waals surface area contributed by atoms with Gasteiger partial charge in [-0.1, -0.05) is 40.5 Å². The van der Waals surface area contributed by atoms with Crippen LogP contribution in [0.2, 0.25) is 0 Å². The second-order valence-electron chi connectivity index (χ2n) is 3.41. The summed E-state index contributed by atoms with van der Waals surface area (Å²) in [6.45, 7) is 10.0. The molecule has 0 aromatic carbocycles. The molecule has 0 saturated heterocycles. The van der Waals surface area contributed by atoms with Crippen LogP contribution >= 0.6 is 11.8 Å². The highest BCUT2D eigenvalue weighted by Gasteiger charge is 2.05. The minimum Gasteiger partial charge on any atom is -0.321 e. The molecule has 0 spiro atoms. The lowest BCUT2D eigenvalue weighted by Gasteiger charge is -2.03. The van der Waals surface area contributed by atoms with Crippen LogP contribution in [0.1, 0.15) is 53.9 Å². The van der Waals surface area contributed by atoms with Crippen molar-refractivity contribution in [2.24, 2.45) is 5.73 Å². The average molecular weight is 235 g/mol. The van der Waals surface area contributed by atoms with Crippen LogP contribution in [0.3, 0.4) is 0 Å². The summed E-state index contributed by atoms with van der Waals surface area (Å²) < 4.78 is 0. The molecule has 2 nitrogen and oxygen atoms in total. The largest absolute Gasteiger partial charge is 0.321 e. The van der Waals surface area contributed by atoms with E-state index in [0.29, 0.717) is 0 Å². The zero-order chi connectivity index (χ0) is 12.7. The molecule has 1 atom stereocenters. The number of Topliss-reactive ketones (excluding diaryl/α,β-unsaturated/α-hetero) is 1. The second-order valence-corrected chi connectivity index (χ2v) is 4.40. The number of nitrogens with two attached hydrogens (primary N) is 1. The van der Waals surface area contributed by atoms with E-state index in [2.05, 4.69) is 27.7 Å². The summed E-state index contributed by atoms with van der Waals surface area (Å²) in [4.78, 5) is 10.5. The highest BCUT2D eigenvalue weighted by atomic mass is 32.2. The van der Waals surface area contributed by atoms with Gasteiger partial charge in [0.15, 0.2) is 0 Å². The Kier molecular flexibility index (Phi) is 26.6. The standard InChI is InChI=1S/C6H13NOS.2C3H8/c1-5(8)6(7)3-4-9-2;2*1-3-2/h6H,3-4,7H2,1-2H3;2*3H2,1-2H3. The van der Waals surface area contributed by atoms with Gasteiger partial charge in [-0.2, -0.15) is 11.8 Å². The molecule has 0 bridgehead atoms. The molecule has 0 aromatic rings. The van der Waals surface area contributed by atoms with Gasteiger partial charge in [0, 0.05) is 0 Å². The molecule has 0 aliphatic rings. The molecule has 15 heavy (non-hydrogen) atoms. The molecule has 0 fully saturated rings. The Balaban J connectivity index is -0.000000200. The van der Waals surface area contributed by atoms with Crippen LogP contribution in [-0.2, 0) is 4.79 Å². The first-order valence-corrected chi connectivity index (χ1v) is 7.15. The maximum Gasteiger partial charge on any atom is 0.146 e. The Bertz CT molecular complexity index is 116. The Labute approximate surface area is 100 Å². The first kappa shape index (κ1) is 20.4. The molecule has 2 N–H and O–H groups in total. The van der Waals surface area contributed by atoms with E-state index in [1.54, 1.807) is 11.8 Å². The van der Waals surface area contributed by atoms with Crippen LogP contribution in [0.25, 0.3) is 0 Å². The quantitative estimate of drug-likeness (QED) is 0.811. The summed E-state index contributed by atoms with van der Waals surface area (Å²) in [5.74, 6) is 1.06. The number of ketones is 1. The Morgan fingerprint density at radius 3 is 1.73 bits per heavy atom. The smallest absolute Gasteiger partial charge is 0.146 e. The molecule has 0 rings (SSSR count). The third-order valence-electron chi connectivity index (χ3n) is 1.16. The van der Waals surface area contributed by atoms with Gasteiger partial charge in [-0.25, -0.2) is 0 Å². The van der Waals surface area contributed by atoms with Crippen LogP contribution < -0.4 is 5.73 Å².